The third-order valence-corrected chi connectivity index (χ3v) is 3.70. The van der Waals surface area contributed by atoms with Crippen molar-refractivity contribution in [2.75, 3.05) is 0 Å². The first kappa shape index (κ1) is 7.51. The quantitative estimate of drug-likeness (QED) is 0.669. The van der Waals surface area contributed by atoms with Gasteiger partial charge in [-0.3, -0.25) is 0 Å². The number of benzene rings is 1. The molecule has 1 aromatic heterocycles. The summed E-state index contributed by atoms with van der Waals surface area (Å²) in [6, 6.07) is 6.71. The Hall–Kier alpha value is -0.890. The number of hydrogen-bond donors (Lipinski definition) is 0. The fourth-order valence-corrected chi connectivity index (χ4v) is 2.55. The molecule has 66 valence electrons. The molecule has 2 atom stereocenters. The van der Waals surface area contributed by atoms with Crippen LogP contribution in [0.5, 0.6) is 0 Å². The average Bonchev–Trinajstić information content (AvgIpc) is 2.70. The predicted octanol–water partition coefficient (Wildman–Crippen LogP) is 3.42. The van der Waals surface area contributed by atoms with Gasteiger partial charge in [0.25, 0.3) is 0 Å². The standard InChI is InChI=1S/C11H11NS/c1-7-4-9(7)8-2-3-11-10(5-8)12-6-13-11/h2-3,5-7,9H,4H2,1H3/t7-,9-/m1/s1. The Morgan fingerprint density at radius 2 is 2.31 bits per heavy atom. The van der Waals surface area contributed by atoms with E-state index in [2.05, 4.69) is 30.1 Å². The number of fused-ring (bicyclic) bond motifs is 1. The number of thiazole rings is 1. The van der Waals surface area contributed by atoms with E-state index in [1.165, 1.54) is 22.2 Å². The highest BCUT2D eigenvalue weighted by Crippen LogP contribution is 2.47. The molecule has 2 heteroatoms. The molecule has 1 aliphatic carbocycles. The highest BCUT2D eigenvalue weighted by molar-refractivity contribution is 7.16. The molecule has 1 aliphatic rings. The van der Waals surface area contributed by atoms with Crippen LogP contribution >= 0.6 is 11.3 Å². The van der Waals surface area contributed by atoms with Crippen molar-refractivity contribution in [3.63, 3.8) is 0 Å². The van der Waals surface area contributed by atoms with E-state index in [1.807, 2.05) is 5.51 Å². The van der Waals surface area contributed by atoms with E-state index < -0.39 is 0 Å². The Bertz CT molecular complexity index is 446. The summed E-state index contributed by atoms with van der Waals surface area (Å²) in [4.78, 5) is 4.33. The number of hydrogen-bond acceptors (Lipinski definition) is 2. The van der Waals surface area contributed by atoms with Crippen LogP contribution < -0.4 is 0 Å². The van der Waals surface area contributed by atoms with Gasteiger partial charge in [0.15, 0.2) is 0 Å². The molecule has 0 radical (unpaired) electrons. The van der Waals surface area contributed by atoms with E-state index in [0.717, 1.165) is 11.8 Å². The molecule has 0 unspecified atom stereocenters. The van der Waals surface area contributed by atoms with Crippen molar-refractivity contribution in [1.29, 1.82) is 0 Å². The molecular formula is C11H11NS. The van der Waals surface area contributed by atoms with Crippen LogP contribution in [0.4, 0.5) is 0 Å². The smallest absolute Gasteiger partial charge is 0.0814 e. The first-order valence-corrected chi connectivity index (χ1v) is 5.56. The zero-order valence-corrected chi connectivity index (χ0v) is 8.34. The van der Waals surface area contributed by atoms with Gasteiger partial charge in [-0.15, -0.1) is 11.3 Å². The van der Waals surface area contributed by atoms with E-state index in [4.69, 9.17) is 0 Å². The average molecular weight is 189 g/mol. The van der Waals surface area contributed by atoms with Gasteiger partial charge in [0.05, 0.1) is 15.7 Å². The first-order chi connectivity index (χ1) is 6.34. The third kappa shape index (κ3) is 1.17. The summed E-state index contributed by atoms with van der Waals surface area (Å²) in [7, 11) is 0. The van der Waals surface area contributed by atoms with Gasteiger partial charge in [0.2, 0.25) is 0 Å². The Balaban J connectivity index is 2.10. The van der Waals surface area contributed by atoms with E-state index in [0.29, 0.717) is 0 Å². The minimum Gasteiger partial charge on any atom is -0.245 e. The molecule has 1 fully saturated rings. The molecule has 1 heterocycles. The fraction of sp³-hybridized carbons (Fsp3) is 0.364. The lowest BCUT2D eigenvalue weighted by Gasteiger charge is -1.97. The van der Waals surface area contributed by atoms with Crippen LogP contribution in [0.3, 0.4) is 0 Å². The third-order valence-electron chi connectivity index (χ3n) is 2.89. The van der Waals surface area contributed by atoms with Crippen molar-refractivity contribution in [1.82, 2.24) is 4.98 Å². The van der Waals surface area contributed by atoms with Gasteiger partial charge in [0.1, 0.15) is 0 Å². The van der Waals surface area contributed by atoms with E-state index in [-0.39, 0.29) is 0 Å². The van der Waals surface area contributed by atoms with Crippen LogP contribution in [-0.2, 0) is 0 Å². The lowest BCUT2D eigenvalue weighted by atomic mass is 10.1. The van der Waals surface area contributed by atoms with Gasteiger partial charge >= 0.3 is 0 Å². The molecule has 1 aromatic carbocycles. The van der Waals surface area contributed by atoms with Gasteiger partial charge in [-0.1, -0.05) is 13.0 Å². The van der Waals surface area contributed by atoms with Gasteiger partial charge < -0.3 is 0 Å². The highest BCUT2D eigenvalue weighted by Gasteiger charge is 2.33. The summed E-state index contributed by atoms with van der Waals surface area (Å²) >= 11 is 1.72. The molecular weight excluding hydrogens is 178 g/mol. The minimum absolute atomic E-state index is 0.811. The summed E-state index contributed by atoms with van der Waals surface area (Å²) < 4.78 is 1.30. The highest BCUT2D eigenvalue weighted by atomic mass is 32.1. The number of rotatable bonds is 1. The Kier molecular flexibility index (Phi) is 1.47. The van der Waals surface area contributed by atoms with Crippen LogP contribution in [0.15, 0.2) is 23.7 Å². The van der Waals surface area contributed by atoms with Gasteiger partial charge in [0, 0.05) is 0 Å². The monoisotopic (exact) mass is 189 g/mol. The van der Waals surface area contributed by atoms with Crippen molar-refractivity contribution in [3.05, 3.63) is 29.3 Å². The molecule has 3 rings (SSSR count). The van der Waals surface area contributed by atoms with Crippen LogP contribution in [0, 0.1) is 5.92 Å². The molecule has 1 nitrogen and oxygen atoms in total. The van der Waals surface area contributed by atoms with Crippen molar-refractivity contribution < 1.29 is 0 Å². The molecule has 0 N–H and O–H groups in total. The van der Waals surface area contributed by atoms with Crippen LogP contribution in [0.2, 0.25) is 0 Å². The summed E-state index contributed by atoms with van der Waals surface area (Å²) in [6.45, 7) is 2.32. The van der Waals surface area contributed by atoms with Crippen molar-refractivity contribution in [2.24, 2.45) is 5.92 Å². The summed E-state index contributed by atoms with van der Waals surface area (Å²) in [5.74, 6) is 1.70. The molecule has 0 bridgehead atoms. The molecule has 0 saturated heterocycles. The Morgan fingerprint density at radius 3 is 3.08 bits per heavy atom. The van der Waals surface area contributed by atoms with E-state index in [1.54, 1.807) is 11.3 Å². The van der Waals surface area contributed by atoms with Crippen LogP contribution in [-0.4, -0.2) is 4.98 Å². The maximum Gasteiger partial charge on any atom is 0.0814 e. The maximum absolute atomic E-state index is 4.33. The largest absolute Gasteiger partial charge is 0.245 e. The van der Waals surface area contributed by atoms with Crippen LogP contribution in [0.25, 0.3) is 10.2 Å². The molecule has 2 aromatic rings. The van der Waals surface area contributed by atoms with Gasteiger partial charge in [-0.2, -0.15) is 0 Å². The molecule has 0 aliphatic heterocycles. The number of aromatic nitrogens is 1. The van der Waals surface area contributed by atoms with Crippen molar-refractivity contribution >= 4 is 21.6 Å². The molecule has 13 heavy (non-hydrogen) atoms. The second-order valence-corrected chi connectivity index (χ2v) is 4.79. The topological polar surface area (TPSA) is 12.9 Å². The minimum atomic E-state index is 0.811. The summed E-state index contributed by atoms with van der Waals surface area (Å²) in [5.41, 5.74) is 4.57. The molecule has 1 saturated carbocycles. The first-order valence-electron chi connectivity index (χ1n) is 4.68. The van der Waals surface area contributed by atoms with Crippen molar-refractivity contribution in [2.45, 2.75) is 19.3 Å². The predicted molar refractivity (Wildman–Crippen MR) is 56.1 cm³/mol. The van der Waals surface area contributed by atoms with E-state index in [9.17, 15) is 0 Å². The van der Waals surface area contributed by atoms with Crippen LogP contribution in [0.1, 0.15) is 24.8 Å². The zero-order chi connectivity index (χ0) is 8.84. The number of nitrogens with zero attached hydrogens (tertiary/aromatic N) is 1. The summed E-state index contributed by atoms with van der Waals surface area (Å²) in [6.07, 6.45) is 1.36. The van der Waals surface area contributed by atoms with Crippen molar-refractivity contribution in [3.8, 4) is 0 Å². The normalized spacial score (nSPS) is 26.5. The molecule has 0 amide bonds. The Labute approximate surface area is 81.4 Å². The maximum atomic E-state index is 4.33. The SMILES string of the molecule is C[C@@H]1C[C@H]1c1ccc2scnc2c1. The summed E-state index contributed by atoms with van der Waals surface area (Å²) in [5, 5.41) is 0. The molecule has 0 spiro atoms. The van der Waals surface area contributed by atoms with Gasteiger partial charge in [-0.05, 0) is 36.0 Å². The Morgan fingerprint density at radius 1 is 1.46 bits per heavy atom. The fourth-order valence-electron chi connectivity index (χ4n) is 1.89. The second kappa shape index (κ2) is 2.55. The zero-order valence-electron chi connectivity index (χ0n) is 7.53. The van der Waals surface area contributed by atoms with Gasteiger partial charge in [-0.25, -0.2) is 4.98 Å². The lowest BCUT2D eigenvalue weighted by Crippen LogP contribution is -1.80. The lowest BCUT2D eigenvalue weighted by molar-refractivity contribution is 0.916. The van der Waals surface area contributed by atoms with E-state index >= 15 is 0 Å². The second-order valence-electron chi connectivity index (χ2n) is 3.90.